The van der Waals surface area contributed by atoms with Crippen LogP contribution in [-0.4, -0.2) is 22.7 Å². The minimum atomic E-state index is -0.975. The maximum Gasteiger partial charge on any atom is 0.271 e. The second-order valence-corrected chi connectivity index (χ2v) is 4.22. The van der Waals surface area contributed by atoms with Crippen LogP contribution in [0.25, 0.3) is 0 Å². The van der Waals surface area contributed by atoms with E-state index in [9.17, 15) is 10.1 Å². The number of ether oxygens (including phenoxy) is 1. The van der Waals surface area contributed by atoms with Gasteiger partial charge < -0.3 is 4.74 Å². The molecule has 4 nitrogen and oxygen atoms in total. The van der Waals surface area contributed by atoms with E-state index in [-0.39, 0.29) is 17.1 Å². The molecular formula is C10H15NO3. The molecule has 14 heavy (non-hydrogen) atoms. The standard InChI is InChI=1S/C10H15NO3/c1-7-8(2)14-9-5-3-4-6-10(7,9)11(12)13/h8-9H,1,3-6H2,2H3/t8?,9-,10+/m0/s1. The van der Waals surface area contributed by atoms with Gasteiger partial charge in [0.25, 0.3) is 5.54 Å². The lowest BCUT2D eigenvalue weighted by atomic mass is 9.76. The molecule has 1 saturated carbocycles. The van der Waals surface area contributed by atoms with Crippen LogP contribution >= 0.6 is 0 Å². The molecule has 0 N–H and O–H groups in total. The summed E-state index contributed by atoms with van der Waals surface area (Å²) in [6.45, 7) is 5.70. The van der Waals surface area contributed by atoms with Crippen molar-refractivity contribution in [2.24, 2.45) is 0 Å². The third-order valence-electron chi connectivity index (χ3n) is 3.55. The molecule has 0 aromatic rings. The molecule has 2 fully saturated rings. The molecule has 3 atom stereocenters. The van der Waals surface area contributed by atoms with Crippen molar-refractivity contribution in [2.45, 2.75) is 50.4 Å². The van der Waals surface area contributed by atoms with Crippen LogP contribution in [0, 0.1) is 10.1 Å². The zero-order chi connectivity index (χ0) is 10.3. The van der Waals surface area contributed by atoms with Gasteiger partial charge in [-0.3, -0.25) is 10.1 Å². The van der Waals surface area contributed by atoms with Crippen molar-refractivity contribution in [1.29, 1.82) is 0 Å². The summed E-state index contributed by atoms with van der Waals surface area (Å²) in [4.78, 5) is 11.0. The first-order valence-electron chi connectivity index (χ1n) is 5.08. The predicted octanol–water partition coefficient (Wildman–Crippen LogP) is 1.92. The normalized spacial score (nSPS) is 42.2. The fourth-order valence-electron chi connectivity index (χ4n) is 2.68. The van der Waals surface area contributed by atoms with Gasteiger partial charge in [0, 0.05) is 16.9 Å². The first-order chi connectivity index (χ1) is 6.59. The minimum absolute atomic E-state index is 0.163. The fraction of sp³-hybridized carbons (Fsp3) is 0.800. The Balaban J connectivity index is 2.39. The number of nitrogens with zero attached hydrogens (tertiary/aromatic N) is 1. The van der Waals surface area contributed by atoms with E-state index in [4.69, 9.17) is 4.74 Å². The van der Waals surface area contributed by atoms with E-state index < -0.39 is 5.54 Å². The largest absolute Gasteiger partial charge is 0.363 e. The molecular weight excluding hydrogens is 182 g/mol. The van der Waals surface area contributed by atoms with Crippen LogP contribution in [0.2, 0.25) is 0 Å². The molecule has 1 heterocycles. The molecule has 0 spiro atoms. The minimum Gasteiger partial charge on any atom is -0.363 e. The van der Waals surface area contributed by atoms with E-state index in [1.807, 2.05) is 6.92 Å². The first-order valence-corrected chi connectivity index (χ1v) is 5.08. The van der Waals surface area contributed by atoms with Gasteiger partial charge in [0.05, 0.1) is 6.10 Å². The van der Waals surface area contributed by atoms with Crippen molar-refractivity contribution < 1.29 is 9.66 Å². The molecule has 1 saturated heterocycles. The molecule has 4 heteroatoms. The Morgan fingerprint density at radius 1 is 1.64 bits per heavy atom. The van der Waals surface area contributed by atoms with E-state index in [0.29, 0.717) is 12.0 Å². The Hall–Kier alpha value is -0.900. The Bertz CT molecular complexity index is 289. The summed E-state index contributed by atoms with van der Waals surface area (Å²) in [7, 11) is 0. The highest BCUT2D eigenvalue weighted by Crippen LogP contribution is 2.45. The average Bonchev–Trinajstić information content (AvgIpc) is 2.41. The number of hydrogen-bond acceptors (Lipinski definition) is 3. The Kier molecular flexibility index (Phi) is 2.10. The molecule has 0 bridgehead atoms. The Morgan fingerprint density at radius 2 is 2.36 bits per heavy atom. The second-order valence-electron chi connectivity index (χ2n) is 4.22. The first kappa shape index (κ1) is 9.65. The molecule has 1 aliphatic heterocycles. The maximum absolute atomic E-state index is 11.2. The highest BCUT2D eigenvalue weighted by Gasteiger charge is 2.61. The van der Waals surface area contributed by atoms with Crippen LogP contribution in [0.5, 0.6) is 0 Å². The molecule has 0 radical (unpaired) electrons. The molecule has 2 aliphatic rings. The van der Waals surface area contributed by atoms with E-state index in [2.05, 4.69) is 6.58 Å². The second kappa shape index (κ2) is 3.05. The molecule has 78 valence electrons. The molecule has 0 amide bonds. The SMILES string of the molecule is C=C1C(C)O[C@H]2CCCC[C@@]12[N+](=O)[O-]. The number of rotatable bonds is 1. The number of fused-ring (bicyclic) bond motifs is 1. The number of hydrogen-bond donors (Lipinski definition) is 0. The summed E-state index contributed by atoms with van der Waals surface area (Å²) < 4.78 is 5.60. The van der Waals surface area contributed by atoms with Crippen LogP contribution in [0.1, 0.15) is 32.6 Å². The van der Waals surface area contributed by atoms with Crippen molar-refractivity contribution in [3.05, 3.63) is 22.3 Å². The quantitative estimate of drug-likeness (QED) is 0.366. The van der Waals surface area contributed by atoms with Gasteiger partial charge in [0.1, 0.15) is 6.10 Å². The summed E-state index contributed by atoms with van der Waals surface area (Å²) in [5, 5.41) is 11.2. The highest BCUT2D eigenvalue weighted by atomic mass is 16.6. The van der Waals surface area contributed by atoms with Crippen molar-refractivity contribution in [3.8, 4) is 0 Å². The lowest BCUT2D eigenvalue weighted by Gasteiger charge is -2.30. The fourth-order valence-corrected chi connectivity index (χ4v) is 2.68. The van der Waals surface area contributed by atoms with Gasteiger partial charge in [0.15, 0.2) is 0 Å². The van der Waals surface area contributed by atoms with Crippen molar-refractivity contribution in [2.75, 3.05) is 0 Å². The highest BCUT2D eigenvalue weighted by molar-refractivity contribution is 5.25. The van der Waals surface area contributed by atoms with E-state index >= 15 is 0 Å². The topological polar surface area (TPSA) is 52.4 Å². The number of nitro groups is 1. The smallest absolute Gasteiger partial charge is 0.271 e. The summed E-state index contributed by atoms with van der Waals surface area (Å²) in [6, 6.07) is 0. The van der Waals surface area contributed by atoms with Gasteiger partial charge >= 0.3 is 0 Å². The van der Waals surface area contributed by atoms with Gasteiger partial charge in [-0.1, -0.05) is 13.0 Å². The lowest BCUT2D eigenvalue weighted by Crippen LogP contribution is -2.49. The van der Waals surface area contributed by atoms with Gasteiger partial charge in [-0.25, -0.2) is 0 Å². The van der Waals surface area contributed by atoms with Crippen LogP contribution in [-0.2, 0) is 4.74 Å². The predicted molar refractivity (Wildman–Crippen MR) is 51.7 cm³/mol. The van der Waals surface area contributed by atoms with Crippen molar-refractivity contribution in [1.82, 2.24) is 0 Å². The van der Waals surface area contributed by atoms with Gasteiger partial charge in [-0.15, -0.1) is 0 Å². The Morgan fingerprint density at radius 3 is 2.93 bits per heavy atom. The van der Waals surface area contributed by atoms with Crippen LogP contribution in [0.4, 0.5) is 0 Å². The van der Waals surface area contributed by atoms with Gasteiger partial charge in [-0.2, -0.15) is 0 Å². The zero-order valence-electron chi connectivity index (χ0n) is 8.36. The lowest BCUT2D eigenvalue weighted by molar-refractivity contribution is -0.568. The molecule has 1 aliphatic carbocycles. The van der Waals surface area contributed by atoms with Crippen molar-refractivity contribution >= 4 is 0 Å². The maximum atomic E-state index is 11.2. The van der Waals surface area contributed by atoms with Crippen LogP contribution < -0.4 is 0 Å². The molecule has 0 aromatic carbocycles. The van der Waals surface area contributed by atoms with Crippen molar-refractivity contribution in [3.63, 3.8) is 0 Å². The third kappa shape index (κ3) is 1.03. The van der Waals surface area contributed by atoms with Gasteiger partial charge in [0.2, 0.25) is 0 Å². The van der Waals surface area contributed by atoms with Crippen LogP contribution in [0.3, 0.4) is 0 Å². The Labute approximate surface area is 83.1 Å². The molecule has 1 unspecified atom stereocenters. The monoisotopic (exact) mass is 197 g/mol. The molecule has 0 aromatic heterocycles. The molecule has 2 rings (SSSR count). The van der Waals surface area contributed by atoms with E-state index in [1.165, 1.54) is 0 Å². The summed E-state index contributed by atoms with van der Waals surface area (Å²) in [5.74, 6) is 0. The van der Waals surface area contributed by atoms with E-state index in [0.717, 1.165) is 19.3 Å². The summed E-state index contributed by atoms with van der Waals surface area (Å²) in [5.41, 5.74) is -0.315. The van der Waals surface area contributed by atoms with Crippen LogP contribution in [0.15, 0.2) is 12.2 Å². The average molecular weight is 197 g/mol. The van der Waals surface area contributed by atoms with E-state index in [1.54, 1.807) is 0 Å². The zero-order valence-corrected chi connectivity index (χ0v) is 8.36. The summed E-state index contributed by atoms with van der Waals surface area (Å²) >= 11 is 0. The van der Waals surface area contributed by atoms with Gasteiger partial charge in [-0.05, 0) is 19.8 Å². The third-order valence-corrected chi connectivity index (χ3v) is 3.55. The summed E-state index contributed by atoms with van der Waals surface area (Å²) in [6.07, 6.45) is 2.92.